The Bertz CT molecular complexity index is 843. The number of amides is 1. The fourth-order valence-electron chi connectivity index (χ4n) is 3.83. The number of rotatable bonds is 5. The van der Waals surface area contributed by atoms with Crippen molar-refractivity contribution in [1.29, 1.82) is 0 Å². The fraction of sp³-hybridized carbons (Fsp3) is 0.364. The third kappa shape index (κ3) is 3.96. The van der Waals surface area contributed by atoms with E-state index in [0.717, 1.165) is 34.9 Å². The number of nitrogens with zero attached hydrogens (tertiary/aromatic N) is 2. The van der Waals surface area contributed by atoms with Gasteiger partial charge in [0.1, 0.15) is 5.65 Å². The zero-order chi connectivity index (χ0) is 17.8. The number of pyridine rings is 1. The first kappa shape index (κ1) is 16.8. The summed E-state index contributed by atoms with van der Waals surface area (Å²) in [5.74, 6) is 0.864. The lowest BCUT2D eigenvalue weighted by Crippen LogP contribution is -2.14. The molecule has 0 radical (unpaired) electrons. The van der Waals surface area contributed by atoms with Crippen molar-refractivity contribution in [2.75, 3.05) is 5.32 Å². The summed E-state index contributed by atoms with van der Waals surface area (Å²) in [6, 6.07) is 13.9. The van der Waals surface area contributed by atoms with Crippen LogP contribution >= 0.6 is 0 Å². The van der Waals surface area contributed by atoms with E-state index in [9.17, 15) is 4.79 Å². The molecule has 4 heteroatoms. The number of fused-ring (bicyclic) bond motifs is 1. The van der Waals surface area contributed by atoms with Gasteiger partial charge in [-0.25, -0.2) is 4.98 Å². The molecule has 1 aliphatic rings. The third-order valence-corrected chi connectivity index (χ3v) is 5.33. The van der Waals surface area contributed by atoms with Gasteiger partial charge in [0, 0.05) is 30.1 Å². The van der Waals surface area contributed by atoms with Crippen LogP contribution in [0.5, 0.6) is 0 Å². The minimum atomic E-state index is 0.121. The third-order valence-electron chi connectivity index (χ3n) is 5.33. The minimum Gasteiger partial charge on any atom is -0.326 e. The Hall–Kier alpha value is -2.62. The molecule has 1 amide bonds. The van der Waals surface area contributed by atoms with Crippen LogP contribution in [0, 0.1) is 5.92 Å². The molecule has 0 spiro atoms. The van der Waals surface area contributed by atoms with Crippen molar-refractivity contribution in [2.45, 2.75) is 44.9 Å². The predicted octanol–water partition coefficient (Wildman–Crippen LogP) is 5.30. The molecular formula is C22H25N3O. The first-order valence-corrected chi connectivity index (χ1v) is 9.62. The van der Waals surface area contributed by atoms with E-state index in [0.29, 0.717) is 6.42 Å². The van der Waals surface area contributed by atoms with Crippen LogP contribution in [-0.2, 0) is 4.79 Å². The molecule has 1 aliphatic carbocycles. The number of carbonyl (C=O) groups is 1. The molecule has 3 aromatic rings. The Labute approximate surface area is 154 Å². The molecule has 0 bridgehead atoms. The number of imidazole rings is 1. The van der Waals surface area contributed by atoms with E-state index in [1.54, 1.807) is 0 Å². The maximum absolute atomic E-state index is 12.2. The summed E-state index contributed by atoms with van der Waals surface area (Å²) < 4.78 is 2.01. The van der Waals surface area contributed by atoms with E-state index in [1.807, 2.05) is 59.3 Å². The highest BCUT2D eigenvalue weighted by molar-refractivity contribution is 5.90. The molecule has 0 unspecified atom stereocenters. The van der Waals surface area contributed by atoms with Crippen molar-refractivity contribution in [3.63, 3.8) is 0 Å². The molecule has 4 nitrogen and oxygen atoms in total. The summed E-state index contributed by atoms with van der Waals surface area (Å²) in [6.07, 6.45) is 12.3. The summed E-state index contributed by atoms with van der Waals surface area (Å²) >= 11 is 0. The van der Waals surface area contributed by atoms with Crippen molar-refractivity contribution in [2.24, 2.45) is 5.92 Å². The van der Waals surface area contributed by atoms with Crippen molar-refractivity contribution >= 4 is 17.2 Å². The van der Waals surface area contributed by atoms with Crippen LogP contribution in [-0.4, -0.2) is 15.3 Å². The van der Waals surface area contributed by atoms with E-state index in [2.05, 4.69) is 10.3 Å². The summed E-state index contributed by atoms with van der Waals surface area (Å²) in [5, 5.41) is 3.02. The molecule has 0 saturated heterocycles. The standard InChI is InChI=1S/C22H25N3O/c26-22(14-9-17-6-2-1-3-7-17)23-19-12-10-18(11-13-19)20-16-25-15-5-4-8-21(25)24-20/h4-5,8,10-13,15-17H,1-3,6-7,9,14H2,(H,23,26). The lowest BCUT2D eigenvalue weighted by atomic mass is 9.86. The Morgan fingerprint density at radius 2 is 1.88 bits per heavy atom. The highest BCUT2D eigenvalue weighted by atomic mass is 16.1. The SMILES string of the molecule is O=C(CCC1CCCCC1)Nc1ccc(-c2cn3ccccc3n2)cc1. The molecule has 1 aromatic carbocycles. The summed E-state index contributed by atoms with van der Waals surface area (Å²) in [6.45, 7) is 0. The number of hydrogen-bond acceptors (Lipinski definition) is 2. The molecular weight excluding hydrogens is 322 g/mol. The van der Waals surface area contributed by atoms with Crippen molar-refractivity contribution in [3.8, 4) is 11.3 Å². The summed E-state index contributed by atoms with van der Waals surface area (Å²) in [4.78, 5) is 16.8. The number of anilines is 1. The number of aromatic nitrogens is 2. The molecule has 4 rings (SSSR count). The molecule has 26 heavy (non-hydrogen) atoms. The Morgan fingerprint density at radius 1 is 1.08 bits per heavy atom. The molecule has 1 saturated carbocycles. The van der Waals surface area contributed by atoms with Gasteiger partial charge >= 0.3 is 0 Å². The van der Waals surface area contributed by atoms with E-state index < -0.39 is 0 Å². The van der Waals surface area contributed by atoms with Crippen molar-refractivity contribution in [3.05, 3.63) is 54.9 Å². The van der Waals surface area contributed by atoms with Gasteiger partial charge in [0.05, 0.1) is 5.69 Å². The predicted molar refractivity (Wildman–Crippen MR) is 105 cm³/mol. The monoisotopic (exact) mass is 347 g/mol. The molecule has 0 atom stereocenters. The second-order valence-electron chi connectivity index (χ2n) is 7.26. The van der Waals surface area contributed by atoms with Crippen LogP contribution in [0.2, 0.25) is 0 Å². The van der Waals surface area contributed by atoms with Gasteiger partial charge in [0.25, 0.3) is 0 Å². The van der Waals surface area contributed by atoms with Gasteiger partial charge in [-0.15, -0.1) is 0 Å². The first-order valence-electron chi connectivity index (χ1n) is 9.62. The van der Waals surface area contributed by atoms with E-state index >= 15 is 0 Å². The van der Waals surface area contributed by atoms with E-state index in [4.69, 9.17) is 0 Å². The average Bonchev–Trinajstić information content (AvgIpc) is 3.12. The topological polar surface area (TPSA) is 46.4 Å². The quantitative estimate of drug-likeness (QED) is 0.681. The number of nitrogens with one attached hydrogen (secondary N) is 1. The van der Waals surface area contributed by atoms with Crippen LogP contribution in [0.3, 0.4) is 0 Å². The summed E-state index contributed by atoms with van der Waals surface area (Å²) in [5.41, 5.74) is 3.77. The van der Waals surface area contributed by atoms with Gasteiger partial charge in [-0.2, -0.15) is 0 Å². The van der Waals surface area contributed by atoms with Crippen LogP contribution in [0.15, 0.2) is 54.9 Å². The fourth-order valence-corrected chi connectivity index (χ4v) is 3.83. The molecule has 0 aliphatic heterocycles. The van der Waals surface area contributed by atoms with Gasteiger partial charge in [0.2, 0.25) is 5.91 Å². The van der Waals surface area contributed by atoms with Crippen LogP contribution in [0.25, 0.3) is 16.9 Å². The zero-order valence-electron chi connectivity index (χ0n) is 15.0. The van der Waals surface area contributed by atoms with Gasteiger partial charge in [0.15, 0.2) is 0 Å². The van der Waals surface area contributed by atoms with Gasteiger partial charge < -0.3 is 9.72 Å². The normalized spacial score (nSPS) is 15.2. The Kier molecular flexibility index (Phi) is 5.00. The van der Waals surface area contributed by atoms with Crippen molar-refractivity contribution < 1.29 is 4.79 Å². The molecule has 134 valence electrons. The first-order chi connectivity index (χ1) is 12.8. The lowest BCUT2D eigenvalue weighted by Gasteiger charge is -2.21. The molecule has 1 fully saturated rings. The second-order valence-corrected chi connectivity index (χ2v) is 7.26. The highest BCUT2D eigenvalue weighted by Gasteiger charge is 2.15. The smallest absolute Gasteiger partial charge is 0.224 e. The molecule has 2 aromatic heterocycles. The lowest BCUT2D eigenvalue weighted by molar-refractivity contribution is -0.116. The largest absolute Gasteiger partial charge is 0.326 e. The summed E-state index contributed by atoms with van der Waals surface area (Å²) in [7, 11) is 0. The van der Waals surface area contributed by atoms with Crippen LogP contribution in [0.4, 0.5) is 5.69 Å². The average molecular weight is 347 g/mol. The maximum Gasteiger partial charge on any atom is 0.224 e. The van der Waals surface area contributed by atoms with Gasteiger partial charge in [-0.3, -0.25) is 4.79 Å². The van der Waals surface area contributed by atoms with E-state index in [-0.39, 0.29) is 5.91 Å². The number of hydrogen-bond donors (Lipinski definition) is 1. The Morgan fingerprint density at radius 3 is 2.65 bits per heavy atom. The zero-order valence-corrected chi connectivity index (χ0v) is 15.0. The second kappa shape index (κ2) is 7.73. The minimum absolute atomic E-state index is 0.121. The van der Waals surface area contributed by atoms with E-state index in [1.165, 1.54) is 32.1 Å². The number of carbonyl (C=O) groups excluding carboxylic acids is 1. The molecule has 1 N–H and O–H groups in total. The van der Waals surface area contributed by atoms with Crippen LogP contribution < -0.4 is 5.32 Å². The number of benzene rings is 1. The highest BCUT2D eigenvalue weighted by Crippen LogP contribution is 2.27. The van der Waals surface area contributed by atoms with Crippen molar-refractivity contribution in [1.82, 2.24) is 9.38 Å². The van der Waals surface area contributed by atoms with Crippen LogP contribution in [0.1, 0.15) is 44.9 Å². The van der Waals surface area contributed by atoms with Gasteiger partial charge in [-0.1, -0.05) is 50.3 Å². The Balaban J connectivity index is 1.35. The maximum atomic E-state index is 12.2. The molecule has 2 heterocycles. The van der Waals surface area contributed by atoms with Gasteiger partial charge in [-0.05, 0) is 36.6 Å².